The molecule has 7 heteroatoms. The molecule has 0 amide bonds. The van der Waals surface area contributed by atoms with Crippen LogP contribution in [0.2, 0.25) is 0 Å². The van der Waals surface area contributed by atoms with Crippen LogP contribution in [0.1, 0.15) is 28.8 Å². The van der Waals surface area contributed by atoms with Crippen molar-refractivity contribution >= 4 is 27.5 Å². The van der Waals surface area contributed by atoms with Crippen molar-refractivity contribution in [2.24, 2.45) is 0 Å². The molecule has 0 unspecified atom stereocenters. The Hall–Kier alpha value is -2.51. The van der Waals surface area contributed by atoms with E-state index in [0.29, 0.717) is 6.54 Å². The van der Waals surface area contributed by atoms with E-state index < -0.39 is 0 Å². The first-order chi connectivity index (χ1) is 15.1. The molecule has 3 heterocycles. The third-order valence-corrected chi connectivity index (χ3v) is 7.53. The van der Waals surface area contributed by atoms with E-state index in [1.54, 1.807) is 22.0 Å². The zero-order valence-electron chi connectivity index (χ0n) is 17.6. The average Bonchev–Trinajstić information content (AvgIpc) is 3.16. The fraction of sp³-hybridized carbons (Fsp3) is 0.417. The first-order valence-corrected chi connectivity index (χ1v) is 11.8. The lowest BCUT2D eigenvalue weighted by Gasteiger charge is -2.36. The van der Waals surface area contributed by atoms with Crippen LogP contribution in [-0.4, -0.2) is 40.6 Å². The normalized spacial score (nSPS) is 17.1. The Morgan fingerprint density at radius 1 is 1.10 bits per heavy atom. The molecule has 0 atom stereocenters. The minimum Gasteiger partial charge on any atom is -0.340 e. The molecule has 162 valence electrons. The third-order valence-electron chi connectivity index (χ3n) is 6.34. The fourth-order valence-electron chi connectivity index (χ4n) is 4.72. The molecule has 1 aliphatic heterocycles. The van der Waals surface area contributed by atoms with Gasteiger partial charge in [0.15, 0.2) is 0 Å². The van der Waals surface area contributed by atoms with E-state index in [9.17, 15) is 9.18 Å². The lowest BCUT2D eigenvalue weighted by molar-refractivity contribution is 0.248. The maximum atomic E-state index is 13.5. The maximum Gasteiger partial charge on any atom is 0.264 e. The Labute approximate surface area is 185 Å². The van der Waals surface area contributed by atoms with Gasteiger partial charge in [-0.15, -0.1) is 17.9 Å². The number of fused-ring (bicyclic) bond motifs is 3. The quantitative estimate of drug-likeness (QED) is 0.565. The Balaban J connectivity index is 1.41. The molecule has 0 spiro atoms. The zero-order valence-corrected chi connectivity index (χ0v) is 18.5. The summed E-state index contributed by atoms with van der Waals surface area (Å²) >= 11 is 1.70. The lowest BCUT2D eigenvalue weighted by atomic mass is 9.97. The number of nitrogens with zero attached hydrogens (tertiary/aromatic N) is 4. The largest absolute Gasteiger partial charge is 0.340 e. The minimum atomic E-state index is -0.203. The van der Waals surface area contributed by atoms with Crippen LogP contribution in [0.25, 0.3) is 10.2 Å². The zero-order chi connectivity index (χ0) is 21.4. The van der Waals surface area contributed by atoms with Crippen molar-refractivity contribution in [3.05, 3.63) is 69.1 Å². The van der Waals surface area contributed by atoms with Gasteiger partial charge in [-0.05, 0) is 48.9 Å². The van der Waals surface area contributed by atoms with Gasteiger partial charge in [0.05, 0.1) is 5.39 Å². The van der Waals surface area contributed by atoms with Crippen LogP contribution in [0.15, 0.2) is 41.7 Å². The highest BCUT2D eigenvalue weighted by atomic mass is 32.1. The van der Waals surface area contributed by atoms with Crippen LogP contribution in [-0.2, 0) is 25.9 Å². The summed E-state index contributed by atoms with van der Waals surface area (Å²) in [4.78, 5) is 25.3. The summed E-state index contributed by atoms with van der Waals surface area (Å²) in [5.74, 6) is 0.558. The molecule has 2 aromatic heterocycles. The number of benzene rings is 1. The van der Waals surface area contributed by atoms with Gasteiger partial charge in [-0.2, -0.15) is 0 Å². The highest BCUT2D eigenvalue weighted by Crippen LogP contribution is 2.34. The van der Waals surface area contributed by atoms with Crippen LogP contribution in [0.3, 0.4) is 0 Å². The molecule has 5 nitrogen and oxygen atoms in total. The van der Waals surface area contributed by atoms with Crippen molar-refractivity contribution in [3.63, 3.8) is 0 Å². The molecule has 0 radical (unpaired) electrons. The predicted molar refractivity (Wildman–Crippen MR) is 125 cm³/mol. The van der Waals surface area contributed by atoms with E-state index in [1.165, 1.54) is 29.0 Å². The number of anilines is 1. The second-order valence-electron chi connectivity index (χ2n) is 8.40. The number of aryl methyl sites for hydroxylation is 2. The lowest BCUT2D eigenvalue weighted by Crippen LogP contribution is -2.48. The number of hydrogen-bond acceptors (Lipinski definition) is 5. The summed E-state index contributed by atoms with van der Waals surface area (Å²) in [5.41, 5.74) is 2.42. The van der Waals surface area contributed by atoms with E-state index in [1.807, 2.05) is 12.1 Å². The number of allylic oxidation sites excluding steroid dienone is 1. The first-order valence-electron chi connectivity index (χ1n) is 11.0. The van der Waals surface area contributed by atoms with Crippen molar-refractivity contribution in [1.29, 1.82) is 0 Å². The van der Waals surface area contributed by atoms with Crippen LogP contribution >= 0.6 is 11.3 Å². The summed E-state index contributed by atoms with van der Waals surface area (Å²) < 4.78 is 15.0. The minimum absolute atomic E-state index is 0.0769. The molecular formula is C24H27FN4OS. The van der Waals surface area contributed by atoms with Gasteiger partial charge in [0.25, 0.3) is 5.56 Å². The second kappa shape index (κ2) is 8.55. The van der Waals surface area contributed by atoms with E-state index in [-0.39, 0.29) is 11.4 Å². The summed E-state index contributed by atoms with van der Waals surface area (Å²) in [6.07, 6.45) is 6.18. The van der Waals surface area contributed by atoms with Gasteiger partial charge in [-0.3, -0.25) is 14.3 Å². The Morgan fingerprint density at radius 3 is 2.58 bits per heavy atom. The van der Waals surface area contributed by atoms with Gasteiger partial charge in [0.1, 0.15) is 10.6 Å². The summed E-state index contributed by atoms with van der Waals surface area (Å²) in [6.45, 7) is 8.50. The number of aromatic nitrogens is 2. The molecule has 0 N–H and O–H groups in total. The van der Waals surface area contributed by atoms with Crippen molar-refractivity contribution in [1.82, 2.24) is 14.5 Å². The molecule has 1 fully saturated rings. The molecule has 2 aliphatic rings. The standard InChI is InChI=1S/C24H27FN4OS/c1-2-11-29-23(30)21-19-5-3-4-6-20(19)31-22(21)26-24(29)28-14-12-27(13-15-28)16-17-7-9-18(25)10-8-17/h2,7-10H,1,3-6,11-16H2. The number of thiophene rings is 1. The van der Waals surface area contributed by atoms with Crippen molar-refractivity contribution in [3.8, 4) is 0 Å². The van der Waals surface area contributed by atoms with Crippen LogP contribution < -0.4 is 10.5 Å². The highest BCUT2D eigenvalue weighted by Gasteiger charge is 2.25. The maximum absolute atomic E-state index is 13.5. The number of piperazine rings is 1. The number of halogens is 1. The smallest absolute Gasteiger partial charge is 0.264 e. The molecule has 1 aromatic carbocycles. The Morgan fingerprint density at radius 2 is 1.84 bits per heavy atom. The summed E-state index contributed by atoms with van der Waals surface area (Å²) in [5, 5.41) is 0.834. The number of hydrogen-bond donors (Lipinski definition) is 0. The molecule has 5 rings (SSSR count). The van der Waals surface area contributed by atoms with Gasteiger partial charge >= 0.3 is 0 Å². The molecule has 0 bridgehead atoms. The summed E-state index contributed by atoms with van der Waals surface area (Å²) in [7, 11) is 0. The average molecular weight is 439 g/mol. The molecule has 31 heavy (non-hydrogen) atoms. The predicted octanol–water partition coefficient (Wildman–Crippen LogP) is 3.98. The fourth-order valence-corrected chi connectivity index (χ4v) is 5.96. The molecule has 1 aliphatic carbocycles. The molecule has 1 saturated heterocycles. The summed E-state index contributed by atoms with van der Waals surface area (Å²) in [6, 6.07) is 6.72. The van der Waals surface area contributed by atoms with E-state index in [0.717, 1.165) is 73.7 Å². The topological polar surface area (TPSA) is 41.4 Å². The second-order valence-corrected chi connectivity index (χ2v) is 9.48. The van der Waals surface area contributed by atoms with Gasteiger partial charge in [-0.25, -0.2) is 9.37 Å². The van der Waals surface area contributed by atoms with Crippen molar-refractivity contribution in [2.45, 2.75) is 38.8 Å². The van der Waals surface area contributed by atoms with Gasteiger partial charge < -0.3 is 4.90 Å². The third kappa shape index (κ3) is 3.92. The van der Waals surface area contributed by atoms with Gasteiger partial charge in [0, 0.05) is 44.1 Å². The van der Waals surface area contributed by atoms with E-state index in [2.05, 4.69) is 16.4 Å². The van der Waals surface area contributed by atoms with Crippen LogP contribution in [0.4, 0.5) is 10.3 Å². The first kappa shape index (κ1) is 20.4. The number of rotatable bonds is 5. The Kier molecular flexibility index (Phi) is 5.63. The van der Waals surface area contributed by atoms with E-state index in [4.69, 9.17) is 4.98 Å². The monoisotopic (exact) mass is 438 g/mol. The highest BCUT2D eigenvalue weighted by molar-refractivity contribution is 7.18. The molecule has 0 saturated carbocycles. The van der Waals surface area contributed by atoms with Gasteiger partial charge in [-0.1, -0.05) is 18.2 Å². The molecule has 3 aromatic rings. The van der Waals surface area contributed by atoms with Crippen molar-refractivity contribution < 1.29 is 4.39 Å². The van der Waals surface area contributed by atoms with Crippen LogP contribution in [0, 0.1) is 5.82 Å². The van der Waals surface area contributed by atoms with Gasteiger partial charge in [0.2, 0.25) is 5.95 Å². The SMILES string of the molecule is C=CCn1c(N2CCN(Cc3ccc(F)cc3)CC2)nc2sc3c(c2c1=O)CCCC3. The van der Waals surface area contributed by atoms with E-state index >= 15 is 0 Å². The Bertz CT molecular complexity index is 1160. The van der Waals surface area contributed by atoms with Crippen LogP contribution in [0.5, 0.6) is 0 Å². The molecular weight excluding hydrogens is 411 g/mol. The van der Waals surface area contributed by atoms with Crippen molar-refractivity contribution in [2.75, 3.05) is 31.1 Å².